The Morgan fingerprint density at radius 3 is 2.23 bits per heavy atom. The maximum absolute atomic E-state index is 11.6. The van der Waals surface area contributed by atoms with Gasteiger partial charge in [0, 0.05) is 0 Å². The molecule has 1 N–H and O–H groups in total. The lowest BCUT2D eigenvalue weighted by Gasteiger charge is -2.09. The van der Waals surface area contributed by atoms with Crippen LogP contribution in [0.25, 0.3) is 0 Å². The standard InChI is InChI=1S/C17H19NO4/c1-20-14-7-9-16(10-8-14)21-12-11-18-17(19)13-22-15-5-3-2-4-6-15/h2-10H,11-13H2,1H3,(H,18,19). The average Bonchev–Trinajstić information content (AvgIpc) is 2.58. The SMILES string of the molecule is COc1ccc(OCCNC(=O)COc2ccccc2)cc1. The van der Waals surface area contributed by atoms with Crippen molar-refractivity contribution in [3.05, 3.63) is 54.6 Å². The topological polar surface area (TPSA) is 56.8 Å². The first-order valence-electron chi connectivity index (χ1n) is 6.99. The number of hydrogen-bond donors (Lipinski definition) is 1. The second-order valence-electron chi connectivity index (χ2n) is 4.48. The maximum Gasteiger partial charge on any atom is 0.258 e. The van der Waals surface area contributed by atoms with Crippen LogP contribution in [-0.4, -0.2) is 32.8 Å². The van der Waals surface area contributed by atoms with E-state index in [4.69, 9.17) is 14.2 Å². The van der Waals surface area contributed by atoms with Gasteiger partial charge in [0.05, 0.1) is 13.7 Å². The molecule has 0 aliphatic heterocycles. The van der Waals surface area contributed by atoms with Gasteiger partial charge in [-0.25, -0.2) is 0 Å². The van der Waals surface area contributed by atoms with Crippen molar-refractivity contribution in [3.63, 3.8) is 0 Å². The first-order valence-corrected chi connectivity index (χ1v) is 6.99. The number of nitrogens with one attached hydrogen (secondary N) is 1. The van der Waals surface area contributed by atoms with Gasteiger partial charge in [0.15, 0.2) is 6.61 Å². The van der Waals surface area contributed by atoms with Crippen LogP contribution in [0.1, 0.15) is 0 Å². The number of ether oxygens (including phenoxy) is 3. The Morgan fingerprint density at radius 2 is 1.55 bits per heavy atom. The molecule has 1 amide bonds. The maximum atomic E-state index is 11.6. The lowest BCUT2D eigenvalue weighted by molar-refractivity contribution is -0.123. The quantitative estimate of drug-likeness (QED) is 0.760. The Kier molecular flexibility index (Phi) is 6.11. The monoisotopic (exact) mass is 301 g/mol. The summed E-state index contributed by atoms with van der Waals surface area (Å²) in [4.78, 5) is 11.6. The number of amides is 1. The summed E-state index contributed by atoms with van der Waals surface area (Å²) < 4.78 is 15.9. The molecule has 2 rings (SSSR count). The molecule has 0 saturated carbocycles. The molecule has 2 aromatic carbocycles. The minimum atomic E-state index is -0.179. The number of hydrogen-bond acceptors (Lipinski definition) is 4. The van der Waals surface area contributed by atoms with Crippen molar-refractivity contribution < 1.29 is 19.0 Å². The summed E-state index contributed by atoms with van der Waals surface area (Å²) in [7, 11) is 1.61. The van der Waals surface area contributed by atoms with Gasteiger partial charge in [-0.15, -0.1) is 0 Å². The lowest BCUT2D eigenvalue weighted by atomic mass is 10.3. The highest BCUT2D eigenvalue weighted by atomic mass is 16.5. The molecule has 22 heavy (non-hydrogen) atoms. The van der Waals surface area contributed by atoms with E-state index < -0.39 is 0 Å². The minimum absolute atomic E-state index is 0.00739. The molecule has 0 aliphatic carbocycles. The second kappa shape index (κ2) is 8.56. The van der Waals surface area contributed by atoms with E-state index in [2.05, 4.69) is 5.32 Å². The van der Waals surface area contributed by atoms with Gasteiger partial charge in [-0.3, -0.25) is 4.79 Å². The highest BCUT2D eigenvalue weighted by Crippen LogP contribution is 2.16. The molecule has 116 valence electrons. The van der Waals surface area contributed by atoms with Gasteiger partial charge < -0.3 is 19.5 Å². The summed E-state index contributed by atoms with van der Waals surface area (Å²) in [6.45, 7) is 0.805. The molecule has 0 fully saturated rings. The Balaban J connectivity index is 1.60. The van der Waals surface area contributed by atoms with Crippen LogP contribution in [0.3, 0.4) is 0 Å². The largest absolute Gasteiger partial charge is 0.497 e. The molecule has 0 radical (unpaired) electrons. The number of carbonyl (C=O) groups excluding carboxylic acids is 1. The van der Waals surface area contributed by atoms with Crippen molar-refractivity contribution in [3.8, 4) is 17.2 Å². The van der Waals surface area contributed by atoms with E-state index in [-0.39, 0.29) is 12.5 Å². The zero-order valence-corrected chi connectivity index (χ0v) is 12.5. The van der Waals surface area contributed by atoms with Crippen LogP contribution in [0.4, 0.5) is 0 Å². The number of carbonyl (C=O) groups is 1. The predicted octanol–water partition coefficient (Wildman–Crippen LogP) is 2.27. The summed E-state index contributed by atoms with van der Waals surface area (Å²) in [5.74, 6) is 2.00. The van der Waals surface area contributed by atoms with E-state index in [9.17, 15) is 4.79 Å². The van der Waals surface area contributed by atoms with Crippen LogP contribution >= 0.6 is 0 Å². The van der Waals surface area contributed by atoms with Crippen molar-refractivity contribution in [2.45, 2.75) is 0 Å². The van der Waals surface area contributed by atoms with Crippen LogP contribution in [0.2, 0.25) is 0 Å². The van der Waals surface area contributed by atoms with Gasteiger partial charge in [-0.05, 0) is 36.4 Å². The predicted molar refractivity (Wildman–Crippen MR) is 83.4 cm³/mol. The van der Waals surface area contributed by atoms with Gasteiger partial charge >= 0.3 is 0 Å². The zero-order chi connectivity index (χ0) is 15.6. The first-order chi connectivity index (χ1) is 10.8. The highest BCUT2D eigenvalue weighted by Gasteiger charge is 2.02. The fourth-order valence-electron chi connectivity index (χ4n) is 1.75. The molecule has 5 nitrogen and oxygen atoms in total. The molecule has 5 heteroatoms. The first kappa shape index (κ1) is 15.7. The van der Waals surface area contributed by atoms with Crippen LogP contribution in [0, 0.1) is 0 Å². The molecular formula is C17H19NO4. The molecule has 2 aromatic rings. The third-order valence-electron chi connectivity index (χ3n) is 2.87. The van der Waals surface area contributed by atoms with E-state index in [1.807, 2.05) is 42.5 Å². The Hall–Kier alpha value is -2.69. The Labute approximate surface area is 129 Å². The normalized spacial score (nSPS) is 9.86. The lowest BCUT2D eigenvalue weighted by Crippen LogP contribution is -2.32. The second-order valence-corrected chi connectivity index (χ2v) is 4.48. The van der Waals surface area contributed by atoms with E-state index in [1.54, 1.807) is 19.2 Å². The smallest absolute Gasteiger partial charge is 0.258 e. The summed E-state index contributed by atoms with van der Waals surface area (Å²) in [5, 5.41) is 2.73. The third kappa shape index (κ3) is 5.36. The molecule has 0 unspecified atom stereocenters. The van der Waals surface area contributed by atoms with Crippen LogP contribution in [0.15, 0.2) is 54.6 Å². The number of para-hydroxylation sites is 1. The third-order valence-corrected chi connectivity index (χ3v) is 2.87. The fourth-order valence-corrected chi connectivity index (χ4v) is 1.75. The van der Waals surface area contributed by atoms with E-state index >= 15 is 0 Å². The molecule has 0 atom stereocenters. The van der Waals surface area contributed by atoms with Gasteiger partial charge in [-0.1, -0.05) is 18.2 Å². The zero-order valence-electron chi connectivity index (χ0n) is 12.5. The number of methoxy groups -OCH3 is 1. The molecule has 0 aliphatic rings. The van der Waals surface area contributed by atoms with Crippen molar-refractivity contribution >= 4 is 5.91 Å². The van der Waals surface area contributed by atoms with Crippen LogP contribution in [0.5, 0.6) is 17.2 Å². The Bertz CT molecular complexity index is 569. The molecule has 0 saturated heterocycles. The summed E-state index contributed by atoms with van der Waals surface area (Å²) in [6.07, 6.45) is 0. The highest BCUT2D eigenvalue weighted by molar-refractivity contribution is 5.77. The molecule has 0 spiro atoms. The average molecular weight is 301 g/mol. The minimum Gasteiger partial charge on any atom is -0.497 e. The van der Waals surface area contributed by atoms with Crippen molar-refractivity contribution in [1.82, 2.24) is 5.32 Å². The fraction of sp³-hybridized carbons (Fsp3) is 0.235. The van der Waals surface area contributed by atoms with E-state index in [1.165, 1.54) is 0 Å². The van der Waals surface area contributed by atoms with Crippen molar-refractivity contribution in [2.75, 3.05) is 26.9 Å². The molecule has 0 heterocycles. The number of benzene rings is 2. The van der Waals surface area contributed by atoms with E-state index in [0.717, 1.165) is 11.5 Å². The van der Waals surface area contributed by atoms with Gasteiger partial charge in [-0.2, -0.15) is 0 Å². The van der Waals surface area contributed by atoms with E-state index in [0.29, 0.717) is 18.9 Å². The van der Waals surface area contributed by atoms with Crippen LogP contribution in [-0.2, 0) is 4.79 Å². The molecule has 0 aromatic heterocycles. The number of rotatable bonds is 8. The van der Waals surface area contributed by atoms with Gasteiger partial charge in [0.2, 0.25) is 0 Å². The Morgan fingerprint density at radius 1 is 0.909 bits per heavy atom. The molecule has 0 bridgehead atoms. The van der Waals surface area contributed by atoms with Gasteiger partial charge in [0.25, 0.3) is 5.91 Å². The van der Waals surface area contributed by atoms with Crippen molar-refractivity contribution in [2.24, 2.45) is 0 Å². The summed E-state index contributed by atoms with van der Waals surface area (Å²) >= 11 is 0. The van der Waals surface area contributed by atoms with Gasteiger partial charge in [0.1, 0.15) is 23.9 Å². The molecular weight excluding hydrogens is 282 g/mol. The van der Waals surface area contributed by atoms with Crippen molar-refractivity contribution in [1.29, 1.82) is 0 Å². The van der Waals surface area contributed by atoms with Crippen LogP contribution < -0.4 is 19.5 Å². The summed E-state index contributed by atoms with van der Waals surface area (Å²) in [5.41, 5.74) is 0. The summed E-state index contributed by atoms with van der Waals surface area (Å²) in [6, 6.07) is 16.5.